The third kappa shape index (κ3) is 4.65. The number of nitrogens with two attached hydrogens (primary N) is 1. The maximum absolute atomic E-state index is 5.94. The largest absolute Gasteiger partial charge is 0.389 e. The Labute approximate surface area is 132 Å². The van der Waals surface area contributed by atoms with Gasteiger partial charge in [0.15, 0.2) is 0 Å². The second kappa shape index (κ2) is 8.49. The number of benzene rings is 1. The molecule has 1 aromatic rings. The van der Waals surface area contributed by atoms with Gasteiger partial charge in [0.1, 0.15) is 4.99 Å². The van der Waals surface area contributed by atoms with Crippen molar-refractivity contribution in [2.24, 2.45) is 5.73 Å². The van der Waals surface area contributed by atoms with Gasteiger partial charge in [-0.1, -0.05) is 18.3 Å². The number of hydrogen-bond donors (Lipinski definition) is 1. The Morgan fingerprint density at radius 1 is 1.30 bits per heavy atom. The van der Waals surface area contributed by atoms with E-state index < -0.39 is 0 Å². The molecule has 0 spiro atoms. The predicted molar refractivity (Wildman–Crippen MR) is 95.2 cm³/mol. The third-order valence-electron chi connectivity index (χ3n) is 3.23. The Balaban J connectivity index is 2.99. The lowest BCUT2D eigenvalue weighted by atomic mass is 10.1. The van der Waals surface area contributed by atoms with Crippen LogP contribution in [0.15, 0.2) is 23.1 Å². The number of hydrogen-bond acceptors (Lipinski definition) is 4. The fourth-order valence-corrected chi connectivity index (χ4v) is 3.14. The molecule has 0 unspecified atom stereocenters. The van der Waals surface area contributed by atoms with Crippen molar-refractivity contribution in [1.82, 2.24) is 4.90 Å². The van der Waals surface area contributed by atoms with E-state index in [1.165, 1.54) is 0 Å². The number of rotatable bonds is 8. The molecule has 1 aromatic carbocycles. The van der Waals surface area contributed by atoms with E-state index in [0.717, 1.165) is 42.2 Å². The standard InChI is InChI=1S/C15H25N3S2/c1-5-18(11-7-10-17(2)3)12-8-6-9-13(20-4)14(12)15(16)19/h6,8-9H,5,7,10-11H2,1-4H3,(H2,16,19). The highest BCUT2D eigenvalue weighted by Crippen LogP contribution is 2.29. The predicted octanol–water partition coefficient (Wildman–Crippen LogP) is 2.82. The Hall–Kier alpha value is -0.780. The van der Waals surface area contributed by atoms with E-state index in [4.69, 9.17) is 18.0 Å². The first-order chi connectivity index (χ1) is 9.51. The summed E-state index contributed by atoms with van der Waals surface area (Å²) >= 11 is 6.95. The molecule has 3 nitrogen and oxygen atoms in total. The molecule has 0 saturated carbocycles. The van der Waals surface area contributed by atoms with Crippen LogP contribution in [0.5, 0.6) is 0 Å². The highest BCUT2D eigenvalue weighted by Gasteiger charge is 2.15. The van der Waals surface area contributed by atoms with Gasteiger partial charge in [0, 0.05) is 29.2 Å². The number of thioether (sulfide) groups is 1. The van der Waals surface area contributed by atoms with Crippen molar-refractivity contribution in [2.75, 3.05) is 44.9 Å². The van der Waals surface area contributed by atoms with Crippen molar-refractivity contribution in [1.29, 1.82) is 0 Å². The Bertz CT molecular complexity index is 447. The van der Waals surface area contributed by atoms with Gasteiger partial charge in [0.2, 0.25) is 0 Å². The molecule has 0 atom stereocenters. The molecule has 0 radical (unpaired) electrons. The van der Waals surface area contributed by atoms with Crippen molar-refractivity contribution >= 4 is 34.7 Å². The highest BCUT2D eigenvalue weighted by molar-refractivity contribution is 7.98. The molecular formula is C15H25N3S2. The fourth-order valence-electron chi connectivity index (χ4n) is 2.23. The molecule has 0 aliphatic carbocycles. The average Bonchev–Trinajstić information content (AvgIpc) is 2.42. The van der Waals surface area contributed by atoms with Gasteiger partial charge in [0.05, 0.1) is 0 Å². The summed E-state index contributed by atoms with van der Waals surface area (Å²) in [6.45, 7) is 5.23. The lowest BCUT2D eigenvalue weighted by Gasteiger charge is -2.27. The summed E-state index contributed by atoms with van der Waals surface area (Å²) in [5.41, 5.74) is 8.12. The molecule has 2 N–H and O–H groups in total. The number of thiocarbonyl (C=S) groups is 1. The van der Waals surface area contributed by atoms with Gasteiger partial charge in [-0.2, -0.15) is 0 Å². The smallest absolute Gasteiger partial charge is 0.107 e. The minimum atomic E-state index is 0.482. The summed E-state index contributed by atoms with van der Waals surface area (Å²) in [5, 5.41) is 0. The molecular weight excluding hydrogens is 286 g/mol. The Morgan fingerprint density at radius 3 is 2.50 bits per heavy atom. The van der Waals surface area contributed by atoms with Gasteiger partial charge in [-0.15, -0.1) is 11.8 Å². The first kappa shape index (κ1) is 17.3. The van der Waals surface area contributed by atoms with E-state index in [0.29, 0.717) is 4.99 Å². The SMILES string of the molecule is CCN(CCCN(C)C)c1cccc(SC)c1C(N)=S. The molecule has 0 heterocycles. The van der Waals surface area contributed by atoms with Crippen LogP contribution in [-0.4, -0.2) is 49.9 Å². The van der Waals surface area contributed by atoms with E-state index in [1.54, 1.807) is 11.8 Å². The fraction of sp³-hybridized carbons (Fsp3) is 0.533. The van der Waals surface area contributed by atoms with E-state index >= 15 is 0 Å². The van der Waals surface area contributed by atoms with Crippen LogP contribution in [0.25, 0.3) is 0 Å². The lowest BCUT2D eigenvalue weighted by molar-refractivity contribution is 0.400. The normalized spacial score (nSPS) is 10.8. The molecule has 0 aliphatic heterocycles. The Kier molecular flexibility index (Phi) is 7.34. The summed E-state index contributed by atoms with van der Waals surface area (Å²) in [6.07, 6.45) is 3.18. The average molecular weight is 312 g/mol. The van der Waals surface area contributed by atoms with Gasteiger partial charge < -0.3 is 15.5 Å². The van der Waals surface area contributed by atoms with Crippen molar-refractivity contribution in [2.45, 2.75) is 18.2 Å². The zero-order chi connectivity index (χ0) is 15.1. The van der Waals surface area contributed by atoms with Gasteiger partial charge in [0.25, 0.3) is 0 Å². The number of nitrogens with zero attached hydrogens (tertiary/aromatic N) is 2. The topological polar surface area (TPSA) is 32.5 Å². The summed E-state index contributed by atoms with van der Waals surface area (Å²) in [4.78, 5) is 6.20. The number of anilines is 1. The molecule has 112 valence electrons. The summed E-state index contributed by atoms with van der Waals surface area (Å²) in [5.74, 6) is 0. The zero-order valence-corrected chi connectivity index (χ0v) is 14.5. The van der Waals surface area contributed by atoms with Gasteiger partial charge >= 0.3 is 0 Å². The summed E-state index contributed by atoms with van der Waals surface area (Å²) < 4.78 is 0. The molecule has 0 aromatic heterocycles. The van der Waals surface area contributed by atoms with E-state index in [1.807, 2.05) is 0 Å². The quantitative estimate of drug-likeness (QED) is 0.589. The van der Waals surface area contributed by atoms with Crippen LogP contribution in [0.4, 0.5) is 5.69 Å². The van der Waals surface area contributed by atoms with Crippen LogP contribution in [0.1, 0.15) is 18.9 Å². The molecule has 0 amide bonds. The molecule has 1 rings (SSSR count). The molecule has 0 bridgehead atoms. The van der Waals surface area contributed by atoms with Crippen molar-refractivity contribution in [3.8, 4) is 0 Å². The van der Waals surface area contributed by atoms with Crippen LogP contribution in [-0.2, 0) is 0 Å². The van der Waals surface area contributed by atoms with Crippen LogP contribution in [0.3, 0.4) is 0 Å². The third-order valence-corrected chi connectivity index (χ3v) is 4.21. The summed E-state index contributed by atoms with van der Waals surface area (Å²) in [7, 11) is 4.20. The molecule has 0 aliphatic rings. The van der Waals surface area contributed by atoms with Gasteiger partial charge in [-0.3, -0.25) is 0 Å². The molecule has 20 heavy (non-hydrogen) atoms. The second-order valence-corrected chi connectivity index (χ2v) is 6.24. The van der Waals surface area contributed by atoms with Crippen LogP contribution >= 0.6 is 24.0 Å². The minimum absolute atomic E-state index is 0.482. The first-order valence-electron chi connectivity index (χ1n) is 6.87. The second-order valence-electron chi connectivity index (χ2n) is 4.96. The van der Waals surface area contributed by atoms with Crippen LogP contribution in [0.2, 0.25) is 0 Å². The Morgan fingerprint density at radius 2 is 2.00 bits per heavy atom. The zero-order valence-electron chi connectivity index (χ0n) is 12.8. The van der Waals surface area contributed by atoms with E-state index in [2.05, 4.69) is 55.3 Å². The monoisotopic (exact) mass is 311 g/mol. The highest BCUT2D eigenvalue weighted by atomic mass is 32.2. The van der Waals surface area contributed by atoms with Crippen LogP contribution < -0.4 is 10.6 Å². The maximum atomic E-state index is 5.94. The molecule has 0 fully saturated rings. The summed E-state index contributed by atoms with van der Waals surface area (Å²) in [6, 6.07) is 6.28. The van der Waals surface area contributed by atoms with Gasteiger partial charge in [-0.25, -0.2) is 0 Å². The van der Waals surface area contributed by atoms with Gasteiger partial charge in [-0.05, 0) is 52.4 Å². The van der Waals surface area contributed by atoms with Crippen LogP contribution in [0, 0.1) is 0 Å². The first-order valence-corrected chi connectivity index (χ1v) is 8.51. The van der Waals surface area contributed by atoms with Crippen molar-refractivity contribution < 1.29 is 0 Å². The van der Waals surface area contributed by atoms with E-state index in [-0.39, 0.29) is 0 Å². The minimum Gasteiger partial charge on any atom is -0.389 e. The lowest BCUT2D eigenvalue weighted by Crippen LogP contribution is -2.29. The molecule has 0 saturated heterocycles. The van der Waals surface area contributed by atoms with Crippen molar-refractivity contribution in [3.63, 3.8) is 0 Å². The maximum Gasteiger partial charge on any atom is 0.107 e. The van der Waals surface area contributed by atoms with E-state index in [9.17, 15) is 0 Å². The van der Waals surface area contributed by atoms with Crippen molar-refractivity contribution in [3.05, 3.63) is 23.8 Å². The molecule has 5 heteroatoms.